The van der Waals surface area contributed by atoms with Gasteiger partial charge in [-0.3, -0.25) is 19.8 Å². The first-order valence-electron chi connectivity index (χ1n) is 8.29. The van der Waals surface area contributed by atoms with Gasteiger partial charge in [-0.25, -0.2) is 9.18 Å². The normalized spacial score (nSPS) is 16.4. The number of nitrogens with zero attached hydrogens (tertiary/aromatic N) is 2. The van der Waals surface area contributed by atoms with Gasteiger partial charge in [0.1, 0.15) is 17.4 Å². The van der Waals surface area contributed by atoms with Gasteiger partial charge < -0.3 is 9.84 Å². The molecular weight excluding hydrogens is 371 g/mol. The number of carbonyl (C=O) groups excluding carboxylic acids is 2. The number of hydrogen-bond acceptors (Lipinski definition) is 6. The third-order valence-electron chi connectivity index (χ3n) is 4.24. The van der Waals surface area contributed by atoms with Gasteiger partial charge in [0.05, 0.1) is 11.5 Å². The maximum Gasteiger partial charge on any atom is 0.340 e. The van der Waals surface area contributed by atoms with Gasteiger partial charge in [-0.1, -0.05) is 18.2 Å². The number of non-ortho nitro benzene ring substituents is 1. The number of nitro benzene ring substituents is 1. The number of anilines is 1. The predicted octanol–water partition coefficient (Wildman–Crippen LogP) is 3.20. The molecule has 144 valence electrons. The second kappa shape index (κ2) is 7.47. The second-order valence-corrected chi connectivity index (χ2v) is 5.86. The molecule has 9 heteroatoms. The minimum Gasteiger partial charge on any atom is -0.503 e. The molecule has 1 N–H and O–H groups in total. The van der Waals surface area contributed by atoms with E-state index in [1.165, 1.54) is 42.5 Å². The topological polar surface area (TPSA) is 110 Å². The molecule has 28 heavy (non-hydrogen) atoms. The van der Waals surface area contributed by atoms with Crippen molar-refractivity contribution in [3.63, 3.8) is 0 Å². The van der Waals surface area contributed by atoms with E-state index >= 15 is 0 Å². The Labute approximate surface area is 158 Å². The molecular formula is C19H15FN2O6. The van der Waals surface area contributed by atoms with E-state index < -0.39 is 40.0 Å². The lowest BCUT2D eigenvalue weighted by molar-refractivity contribution is -0.384. The minimum absolute atomic E-state index is 0.00860. The van der Waals surface area contributed by atoms with Gasteiger partial charge in [-0.15, -0.1) is 0 Å². The summed E-state index contributed by atoms with van der Waals surface area (Å²) >= 11 is 0. The molecule has 1 aliphatic heterocycles. The summed E-state index contributed by atoms with van der Waals surface area (Å²) in [7, 11) is 0. The maximum absolute atomic E-state index is 14.5. The molecule has 1 heterocycles. The molecule has 1 amide bonds. The molecule has 0 unspecified atom stereocenters. The van der Waals surface area contributed by atoms with Gasteiger partial charge in [-0.05, 0) is 25.1 Å². The largest absolute Gasteiger partial charge is 0.503 e. The van der Waals surface area contributed by atoms with Crippen molar-refractivity contribution in [3.05, 3.63) is 81.4 Å². The van der Waals surface area contributed by atoms with Crippen LogP contribution in [0.1, 0.15) is 18.5 Å². The molecule has 1 atom stereocenters. The van der Waals surface area contributed by atoms with Crippen LogP contribution in [-0.4, -0.2) is 28.5 Å². The highest BCUT2D eigenvalue weighted by molar-refractivity contribution is 6.15. The van der Waals surface area contributed by atoms with Crippen LogP contribution in [0.25, 0.3) is 0 Å². The first kappa shape index (κ1) is 19.0. The monoisotopic (exact) mass is 386 g/mol. The van der Waals surface area contributed by atoms with E-state index in [0.29, 0.717) is 0 Å². The zero-order valence-corrected chi connectivity index (χ0v) is 14.7. The number of amides is 1. The molecule has 2 aromatic carbocycles. The molecule has 0 fully saturated rings. The van der Waals surface area contributed by atoms with Gasteiger partial charge in [0.25, 0.3) is 11.6 Å². The highest BCUT2D eigenvalue weighted by atomic mass is 19.1. The van der Waals surface area contributed by atoms with E-state index in [-0.39, 0.29) is 23.5 Å². The minimum atomic E-state index is -1.28. The molecule has 0 bridgehead atoms. The molecule has 2 aromatic rings. The van der Waals surface area contributed by atoms with Crippen molar-refractivity contribution in [2.75, 3.05) is 11.5 Å². The lowest BCUT2D eigenvalue weighted by Crippen LogP contribution is -2.31. The average Bonchev–Trinajstić information content (AvgIpc) is 2.93. The van der Waals surface area contributed by atoms with Crippen molar-refractivity contribution >= 4 is 23.3 Å². The fourth-order valence-corrected chi connectivity index (χ4v) is 3.02. The number of ether oxygens (including phenoxy) is 1. The number of aliphatic hydroxyl groups excluding tert-OH is 1. The second-order valence-electron chi connectivity index (χ2n) is 5.86. The zero-order chi connectivity index (χ0) is 20.4. The number of halogens is 1. The fourth-order valence-electron chi connectivity index (χ4n) is 3.02. The molecule has 1 aliphatic rings. The SMILES string of the molecule is CCOC(=O)C1=C(O)C(=O)N(c2ccc([N+](=O)[O-])cc2)[C@@H]1c1ccccc1F. The van der Waals surface area contributed by atoms with Crippen LogP contribution in [-0.2, 0) is 14.3 Å². The Hall–Kier alpha value is -3.75. The maximum atomic E-state index is 14.5. The Bertz CT molecular complexity index is 986. The van der Waals surface area contributed by atoms with Crippen molar-refractivity contribution in [2.45, 2.75) is 13.0 Å². The van der Waals surface area contributed by atoms with Gasteiger partial charge in [-0.2, -0.15) is 0 Å². The molecule has 0 aliphatic carbocycles. The fraction of sp³-hybridized carbons (Fsp3) is 0.158. The van der Waals surface area contributed by atoms with Crippen LogP contribution in [0.3, 0.4) is 0 Å². The smallest absolute Gasteiger partial charge is 0.340 e. The third kappa shape index (κ3) is 3.18. The van der Waals surface area contributed by atoms with Gasteiger partial charge >= 0.3 is 5.97 Å². The summed E-state index contributed by atoms with van der Waals surface area (Å²) in [4.78, 5) is 36.3. The van der Waals surface area contributed by atoms with Crippen LogP contribution in [0.4, 0.5) is 15.8 Å². The summed E-state index contributed by atoms with van der Waals surface area (Å²) in [6.07, 6.45) is 0. The van der Waals surface area contributed by atoms with E-state index in [2.05, 4.69) is 0 Å². The van der Waals surface area contributed by atoms with Gasteiger partial charge in [0, 0.05) is 23.4 Å². The number of esters is 1. The number of carbonyl (C=O) groups is 2. The van der Waals surface area contributed by atoms with Crippen molar-refractivity contribution in [1.82, 2.24) is 0 Å². The van der Waals surface area contributed by atoms with E-state index in [9.17, 15) is 29.2 Å². The predicted molar refractivity (Wildman–Crippen MR) is 96.0 cm³/mol. The Morgan fingerprint density at radius 2 is 1.89 bits per heavy atom. The van der Waals surface area contributed by atoms with Gasteiger partial charge in [0.15, 0.2) is 5.76 Å². The first-order valence-corrected chi connectivity index (χ1v) is 8.29. The summed E-state index contributed by atoms with van der Waals surface area (Å²) in [5, 5.41) is 21.2. The van der Waals surface area contributed by atoms with Crippen molar-refractivity contribution in [2.24, 2.45) is 0 Å². The number of hydrogen-bond donors (Lipinski definition) is 1. The van der Waals surface area contributed by atoms with Crippen LogP contribution in [0.2, 0.25) is 0 Å². The van der Waals surface area contributed by atoms with Crippen molar-refractivity contribution < 1.29 is 28.7 Å². The van der Waals surface area contributed by atoms with Gasteiger partial charge in [0.2, 0.25) is 0 Å². The number of aliphatic hydroxyl groups is 1. The van der Waals surface area contributed by atoms with Crippen LogP contribution in [0, 0.1) is 15.9 Å². The molecule has 0 aromatic heterocycles. The molecule has 0 radical (unpaired) electrons. The lowest BCUT2D eigenvalue weighted by Gasteiger charge is -2.26. The third-order valence-corrected chi connectivity index (χ3v) is 4.24. The Morgan fingerprint density at radius 1 is 1.25 bits per heavy atom. The zero-order valence-electron chi connectivity index (χ0n) is 14.7. The molecule has 0 saturated carbocycles. The van der Waals surface area contributed by atoms with Crippen LogP contribution in [0.5, 0.6) is 0 Å². The van der Waals surface area contributed by atoms with Crippen LogP contribution < -0.4 is 4.90 Å². The highest BCUT2D eigenvalue weighted by Crippen LogP contribution is 2.42. The first-order chi connectivity index (χ1) is 13.4. The van der Waals surface area contributed by atoms with Crippen molar-refractivity contribution in [1.29, 1.82) is 0 Å². The number of nitro groups is 1. The lowest BCUT2D eigenvalue weighted by atomic mass is 9.98. The Kier molecular flexibility index (Phi) is 5.08. The highest BCUT2D eigenvalue weighted by Gasteiger charge is 2.46. The summed E-state index contributed by atoms with van der Waals surface area (Å²) in [5.41, 5.74) is -0.480. The quantitative estimate of drug-likeness (QED) is 0.480. The summed E-state index contributed by atoms with van der Waals surface area (Å²) in [5.74, 6) is -3.44. The van der Waals surface area contributed by atoms with Crippen molar-refractivity contribution in [3.8, 4) is 0 Å². The summed E-state index contributed by atoms with van der Waals surface area (Å²) in [6.45, 7) is 1.55. The Balaban J connectivity index is 2.15. The molecule has 3 rings (SSSR count). The summed E-state index contributed by atoms with van der Waals surface area (Å²) < 4.78 is 19.4. The van der Waals surface area contributed by atoms with E-state index in [0.717, 1.165) is 11.0 Å². The number of benzene rings is 2. The van der Waals surface area contributed by atoms with Crippen LogP contribution >= 0.6 is 0 Å². The average molecular weight is 386 g/mol. The molecule has 0 saturated heterocycles. The molecule has 0 spiro atoms. The standard InChI is InChI=1S/C19H15FN2O6/c1-2-28-19(25)15-16(13-5-3-4-6-14(13)20)21(18(24)17(15)23)11-7-9-12(10-8-11)22(26)27/h3-10,16,23H,2H2,1H3/t16-/m1/s1. The van der Waals surface area contributed by atoms with Crippen LogP contribution in [0.15, 0.2) is 59.9 Å². The summed E-state index contributed by atoms with van der Waals surface area (Å²) in [6, 6.07) is 9.12. The Morgan fingerprint density at radius 3 is 2.46 bits per heavy atom. The van der Waals surface area contributed by atoms with E-state index in [1.807, 2.05) is 0 Å². The number of rotatable bonds is 5. The molecule has 8 nitrogen and oxygen atoms in total. The van der Waals surface area contributed by atoms with E-state index in [1.54, 1.807) is 6.92 Å². The van der Waals surface area contributed by atoms with E-state index in [4.69, 9.17) is 4.74 Å².